The van der Waals surface area contributed by atoms with E-state index in [-0.39, 0.29) is 9.92 Å². The Morgan fingerprint density at radius 2 is 1.82 bits per heavy atom. The highest BCUT2D eigenvalue weighted by molar-refractivity contribution is 7.92. The Labute approximate surface area is 171 Å². The van der Waals surface area contributed by atoms with Crippen LogP contribution in [0.25, 0.3) is 21.1 Å². The number of sulfone groups is 1. The minimum atomic E-state index is -3.63. The maximum Gasteiger partial charge on any atom is 0.184 e. The zero-order valence-corrected chi connectivity index (χ0v) is 17.8. The second-order valence-electron chi connectivity index (χ2n) is 7.30. The van der Waals surface area contributed by atoms with Crippen molar-refractivity contribution in [2.24, 2.45) is 0 Å². The largest absolute Gasteiger partial charge is 0.340 e. The molecule has 9 heteroatoms. The van der Waals surface area contributed by atoms with E-state index in [0.29, 0.717) is 16.7 Å². The number of hydrogen-bond donors (Lipinski definition) is 1. The van der Waals surface area contributed by atoms with Gasteiger partial charge in [0.25, 0.3) is 0 Å². The number of nitrogens with zero attached hydrogens (tertiary/aromatic N) is 3. The lowest BCUT2D eigenvalue weighted by atomic mass is 10.2. The number of aromatic nitrogens is 3. The third-order valence-electron chi connectivity index (χ3n) is 4.38. The Morgan fingerprint density at radius 1 is 1.04 bits per heavy atom. The molecule has 0 atom stereocenters. The molecule has 1 N–H and O–H groups in total. The fourth-order valence-electron chi connectivity index (χ4n) is 2.77. The summed E-state index contributed by atoms with van der Waals surface area (Å²) < 4.78 is 26.0. The summed E-state index contributed by atoms with van der Waals surface area (Å²) in [5.41, 5.74) is 4.03. The number of hydrogen-bond acceptors (Lipinski definition) is 7. The summed E-state index contributed by atoms with van der Waals surface area (Å²) >= 11 is 7.86. The Balaban J connectivity index is 1.86. The summed E-state index contributed by atoms with van der Waals surface area (Å²) in [6, 6.07) is 8.93. The van der Waals surface area contributed by atoms with E-state index in [0.717, 1.165) is 15.9 Å². The predicted molar refractivity (Wildman–Crippen MR) is 114 cm³/mol. The molecule has 0 aliphatic heterocycles. The van der Waals surface area contributed by atoms with Crippen molar-refractivity contribution in [3.05, 3.63) is 47.2 Å². The van der Waals surface area contributed by atoms with Crippen molar-refractivity contribution >= 4 is 65.4 Å². The number of thiazole rings is 1. The Morgan fingerprint density at radius 3 is 2.57 bits per heavy atom. The van der Waals surface area contributed by atoms with E-state index in [1.165, 1.54) is 6.33 Å². The molecule has 2 aromatic heterocycles. The van der Waals surface area contributed by atoms with Crippen LogP contribution in [-0.4, -0.2) is 28.1 Å². The molecule has 144 valence electrons. The lowest BCUT2D eigenvalue weighted by Crippen LogP contribution is -2.28. The molecule has 0 saturated carbocycles. The van der Waals surface area contributed by atoms with Crippen molar-refractivity contribution in [1.82, 2.24) is 15.0 Å². The van der Waals surface area contributed by atoms with E-state index < -0.39 is 14.6 Å². The Bertz CT molecular complexity index is 1310. The topological polar surface area (TPSA) is 84.8 Å². The van der Waals surface area contributed by atoms with Crippen molar-refractivity contribution in [1.29, 1.82) is 0 Å². The molecule has 0 radical (unpaired) electrons. The standard InChI is InChI=1S/C19H17ClN4O2S2/c1-19(2,3)28(25,26)17-7-12-14(8-13(17)20)21-9-22-18(12)24-11-4-5-16-15(6-11)23-10-27-16/h4-10H,1-3H3,(H,21,22,24). The first-order valence-corrected chi connectivity index (χ1v) is 11.2. The molecule has 0 saturated heterocycles. The molecule has 6 nitrogen and oxygen atoms in total. The van der Waals surface area contributed by atoms with Crippen LogP contribution in [0.1, 0.15) is 20.8 Å². The average Bonchev–Trinajstić information content (AvgIpc) is 3.08. The minimum Gasteiger partial charge on any atom is -0.340 e. The van der Waals surface area contributed by atoms with Gasteiger partial charge in [-0.2, -0.15) is 0 Å². The van der Waals surface area contributed by atoms with Crippen LogP contribution in [0.5, 0.6) is 0 Å². The van der Waals surface area contributed by atoms with E-state index in [2.05, 4.69) is 20.3 Å². The number of rotatable bonds is 3. The van der Waals surface area contributed by atoms with Gasteiger partial charge in [0, 0.05) is 11.1 Å². The average molecular weight is 433 g/mol. The van der Waals surface area contributed by atoms with Gasteiger partial charge in [0.15, 0.2) is 9.84 Å². The lowest BCUT2D eigenvalue weighted by Gasteiger charge is -2.20. The second kappa shape index (κ2) is 6.65. The van der Waals surface area contributed by atoms with E-state index in [4.69, 9.17) is 11.6 Å². The minimum absolute atomic E-state index is 0.0713. The first kappa shape index (κ1) is 19.0. The third-order valence-corrected chi connectivity index (χ3v) is 8.14. The van der Waals surface area contributed by atoms with Gasteiger partial charge in [-0.25, -0.2) is 23.4 Å². The molecular formula is C19H17ClN4O2S2. The number of halogens is 1. The molecular weight excluding hydrogens is 416 g/mol. The maximum absolute atomic E-state index is 13.0. The molecule has 0 bridgehead atoms. The second-order valence-corrected chi connectivity index (χ2v) is 11.3. The summed E-state index contributed by atoms with van der Waals surface area (Å²) in [6.45, 7) is 4.94. The molecule has 2 heterocycles. The number of nitrogens with one attached hydrogen (secondary N) is 1. The summed E-state index contributed by atoms with van der Waals surface area (Å²) in [6.07, 6.45) is 1.42. The van der Waals surface area contributed by atoms with Crippen LogP contribution in [0.4, 0.5) is 11.5 Å². The van der Waals surface area contributed by atoms with Crippen molar-refractivity contribution in [2.45, 2.75) is 30.4 Å². The zero-order chi connectivity index (χ0) is 20.1. The predicted octanol–water partition coefficient (Wildman–Crippen LogP) is 5.21. The molecule has 0 aliphatic rings. The summed E-state index contributed by atoms with van der Waals surface area (Å²) in [5.74, 6) is 0.501. The molecule has 0 fully saturated rings. The van der Waals surface area contributed by atoms with E-state index in [9.17, 15) is 8.42 Å². The summed E-state index contributed by atoms with van der Waals surface area (Å²) in [4.78, 5) is 12.9. The van der Waals surface area contributed by atoms with Gasteiger partial charge in [-0.15, -0.1) is 11.3 Å². The Hall–Kier alpha value is -2.29. The number of fused-ring (bicyclic) bond motifs is 2. The van der Waals surface area contributed by atoms with Crippen LogP contribution in [0.15, 0.2) is 47.1 Å². The highest BCUT2D eigenvalue weighted by Crippen LogP contribution is 2.35. The van der Waals surface area contributed by atoms with Crippen molar-refractivity contribution in [2.75, 3.05) is 5.32 Å². The molecule has 0 unspecified atom stereocenters. The van der Waals surface area contributed by atoms with Gasteiger partial charge in [-0.3, -0.25) is 0 Å². The van der Waals surface area contributed by atoms with Gasteiger partial charge in [0.05, 0.1) is 35.9 Å². The van der Waals surface area contributed by atoms with Gasteiger partial charge in [0.2, 0.25) is 0 Å². The van der Waals surface area contributed by atoms with Crippen molar-refractivity contribution in [3.8, 4) is 0 Å². The molecule has 4 aromatic rings. The monoisotopic (exact) mass is 432 g/mol. The van der Waals surface area contributed by atoms with Crippen LogP contribution < -0.4 is 5.32 Å². The van der Waals surface area contributed by atoms with Crippen LogP contribution in [0.3, 0.4) is 0 Å². The molecule has 28 heavy (non-hydrogen) atoms. The maximum atomic E-state index is 13.0. The first-order valence-electron chi connectivity index (χ1n) is 8.46. The highest BCUT2D eigenvalue weighted by atomic mass is 35.5. The number of benzene rings is 2. The van der Waals surface area contributed by atoms with Gasteiger partial charge >= 0.3 is 0 Å². The van der Waals surface area contributed by atoms with Gasteiger partial charge in [-0.1, -0.05) is 11.6 Å². The van der Waals surface area contributed by atoms with Gasteiger partial charge in [-0.05, 0) is 51.1 Å². The van der Waals surface area contributed by atoms with Crippen LogP contribution in [-0.2, 0) is 9.84 Å². The number of anilines is 2. The fourth-order valence-corrected chi connectivity index (χ4v) is 5.14. The van der Waals surface area contributed by atoms with E-state index in [1.54, 1.807) is 49.8 Å². The van der Waals surface area contributed by atoms with Crippen molar-refractivity contribution in [3.63, 3.8) is 0 Å². The smallest absolute Gasteiger partial charge is 0.184 e. The van der Waals surface area contributed by atoms with E-state index >= 15 is 0 Å². The van der Waals surface area contributed by atoms with Crippen LogP contribution in [0, 0.1) is 0 Å². The zero-order valence-electron chi connectivity index (χ0n) is 15.4. The summed E-state index contributed by atoms with van der Waals surface area (Å²) in [7, 11) is -3.63. The molecule has 2 aromatic carbocycles. The first-order chi connectivity index (χ1) is 13.2. The quantitative estimate of drug-likeness (QED) is 0.478. The van der Waals surface area contributed by atoms with Crippen LogP contribution >= 0.6 is 22.9 Å². The van der Waals surface area contributed by atoms with Gasteiger partial charge < -0.3 is 5.32 Å². The lowest BCUT2D eigenvalue weighted by molar-refractivity contribution is 0.560. The molecule has 0 amide bonds. The highest BCUT2D eigenvalue weighted by Gasteiger charge is 2.33. The SMILES string of the molecule is CC(C)(C)S(=O)(=O)c1cc2c(Nc3ccc4scnc4c3)ncnc2cc1Cl. The van der Waals surface area contributed by atoms with E-state index in [1.807, 2.05) is 18.2 Å². The molecule has 4 rings (SSSR count). The van der Waals surface area contributed by atoms with Crippen molar-refractivity contribution < 1.29 is 8.42 Å². The Kier molecular flexibility index (Phi) is 4.52. The normalized spacial score (nSPS) is 12.6. The molecule has 0 aliphatic carbocycles. The van der Waals surface area contributed by atoms with Crippen LogP contribution in [0.2, 0.25) is 5.02 Å². The van der Waals surface area contributed by atoms with Gasteiger partial charge in [0.1, 0.15) is 12.1 Å². The third kappa shape index (κ3) is 3.21. The fraction of sp³-hybridized carbons (Fsp3) is 0.211. The molecule has 0 spiro atoms. The summed E-state index contributed by atoms with van der Waals surface area (Å²) in [5, 5.41) is 3.97.